The Labute approximate surface area is 279 Å². The van der Waals surface area contributed by atoms with Gasteiger partial charge in [-0.2, -0.15) is 0 Å². The highest BCUT2D eigenvalue weighted by atomic mass is 19.1. The van der Waals surface area contributed by atoms with Crippen LogP contribution in [-0.4, -0.2) is 35.8 Å². The number of carbonyl (C=O) groups excluding carboxylic acids is 2. The third kappa shape index (κ3) is 8.59. The molecular formula is C40H37FN2O5. The summed E-state index contributed by atoms with van der Waals surface area (Å²) in [6.07, 6.45) is 1.18. The number of hydrogen-bond donors (Lipinski definition) is 1. The van der Waals surface area contributed by atoms with Crippen molar-refractivity contribution >= 4 is 11.8 Å². The van der Waals surface area contributed by atoms with Gasteiger partial charge in [0, 0.05) is 30.3 Å². The highest BCUT2D eigenvalue weighted by Gasteiger charge is 2.26. The normalized spacial score (nSPS) is 13.1. The monoisotopic (exact) mass is 644 g/mol. The van der Waals surface area contributed by atoms with Crippen molar-refractivity contribution in [2.45, 2.75) is 38.7 Å². The molecule has 0 aromatic heterocycles. The smallest absolute Gasteiger partial charge is 0.253 e. The van der Waals surface area contributed by atoms with Gasteiger partial charge in [0.15, 0.2) is 11.5 Å². The van der Waals surface area contributed by atoms with Crippen molar-refractivity contribution in [2.75, 3.05) is 13.1 Å². The Morgan fingerprint density at radius 1 is 0.625 bits per heavy atom. The largest absolute Gasteiger partial charge is 0.485 e. The molecule has 0 bridgehead atoms. The number of rotatable bonds is 12. The molecule has 5 aromatic rings. The molecule has 0 aliphatic carbocycles. The fraction of sp³-hybridized carbons (Fsp3) is 0.200. The number of likely N-dealkylation sites (tertiary alicyclic amines) is 1. The van der Waals surface area contributed by atoms with Gasteiger partial charge >= 0.3 is 0 Å². The first kappa shape index (κ1) is 32.3. The van der Waals surface area contributed by atoms with Crippen LogP contribution in [0.2, 0.25) is 0 Å². The van der Waals surface area contributed by atoms with Crippen molar-refractivity contribution in [1.29, 1.82) is 0 Å². The summed E-state index contributed by atoms with van der Waals surface area (Å²) >= 11 is 0. The maximum Gasteiger partial charge on any atom is 0.253 e. The summed E-state index contributed by atoms with van der Waals surface area (Å²) in [5.41, 5.74) is 3.73. The summed E-state index contributed by atoms with van der Waals surface area (Å²) in [7, 11) is 0. The zero-order valence-corrected chi connectivity index (χ0v) is 26.5. The predicted octanol–water partition coefficient (Wildman–Crippen LogP) is 7.60. The Kier molecular flexibility index (Phi) is 10.6. The highest BCUT2D eigenvalue weighted by molar-refractivity contribution is 5.96. The van der Waals surface area contributed by atoms with E-state index in [-0.39, 0.29) is 43.5 Å². The fourth-order valence-electron chi connectivity index (χ4n) is 5.54. The second-order valence-electron chi connectivity index (χ2n) is 11.7. The fourth-order valence-corrected chi connectivity index (χ4v) is 5.54. The average molecular weight is 645 g/mol. The van der Waals surface area contributed by atoms with E-state index in [4.69, 9.17) is 14.2 Å². The molecule has 0 radical (unpaired) electrons. The lowest BCUT2D eigenvalue weighted by Crippen LogP contribution is -2.46. The molecule has 8 heteroatoms. The molecule has 0 unspecified atom stereocenters. The molecule has 0 spiro atoms. The van der Waals surface area contributed by atoms with Crippen LogP contribution in [0.3, 0.4) is 0 Å². The Hall–Kier alpha value is -5.63. The third-order valence-corrected chi connectivity index (χ3v) is 8.19. The van der Waals surface area contributed by atoms with Crippen LogP contribution in [0.5, 0.6) is 17.2 Å². The molecule has 1 N–H and O–H groups in total. The standard InChI is InChI=1S/C40H37FN2O5/c41-34-18-16-32(17-19-34)40(45)43-22-20-35(21-23-43)42-39(44)33-24-36(46-26-29-10-4-1-5-11-29)38(48-28-31-14-8-3-9-15-31)37(25-33)47-27-30-12-6-2-7-13-30/h1-19,24-25,35H,20-23,26-28H2,(H,42,44). The molecule has 1 heterocycles. The number of ether oxygens (including phenoxy) is 3. The van der Waals surface area contributed by atoms with Crippen LogP contribution >= 0.6 is 0 Å². The minimum atomic E-state index is -0.383. The van der Waals surface area contributed by atoms with Crippen LogP contribution in [0.15, 0.2) is 127 Å². The first-order valence-electron chi connectivity index (χ1n) is 16.1. The highest BCUT2D eigenvalue weighted by Crippen LogP contribution is 2.40. The minimum absolute atomic E-state index is 0.133. The maximum absolute atomic E-state index is 13.7. The van der Waals surface area contributed by atoms with Gasteiger partial charge in [0.25, 0.3) is 11.8 Å². The van der Waals surface area contributed by atoms with Gasteiger partial charge in [-0.05, 0) is 65.9 Å². The topological polar surface area (TPSA) is 77.1 Å². The van der Waals surface area contributed by atoms with E-state index in [0.29, 0.717) is 54.3 Å². The summed E-state index contributed by atoms with van der Waals surface area (Å²) in [4.78, 5) is 28.4. The zero-order chi connectivity index (χ0) is 33.1. The zero-order valence-electron chi connectivity index (χ0n) is 26.5. The molecule has 244 valence electrons. The molecule has 5 aromatic carbocycles. The van der Waals surface area contributed by atoms with E-state index in [2.05, 4.69) is 5.32 Å². The number of carbonyl (C=O) groups is 2. The number of nitrogens with zero attached hydrogens (tertiary/aromatic N) is 1. The Balaban J connectivity index is 1.22. The lowest BCUT2D eigenvalue weighted by atomic mass is 10.0. The molecule has 7 nitrogen and oxygen atoms in total. The van der Waals surface area contributed by atoms with Gasteiger partial charge in [-0.1, -0.05) is 91.0 Å². The van der Waals surface area contributed by atoms with E-state index in [0.717, 1.165) is 16.7 Å². The van der Waals surface area contributed by atoms with Crippen LogP contribution in [0.25, 0.3) is 0 Å². The summed E-state index contributed by atoms with van der Waals surface area (Å²) in [5, 5.41) is 3.14. The quantitative estimate of drug-likeness (QED) is 0.151. The van der Waals surface area contributed by atoms with Gasteiger partial charge < -0.3 is 24.4 Å². The minimum Gasteiger partial charge on any atom is -0.485 e. The van der Waals surface area contributed by atoms with Crippen LogP contribution in [0.4, 0.5) is 4.39 Å². The van der Waals surface area contributed by atoms with Gasteiger partial charge in [0.05, 0.1) is 0 Å². The van der Waals surface area contributed by atoms with Crippen LogP contribution in [0, 0.1) is 5.82 Å². The van der Waals surface area contributed by atoms with Crippen LogP contribution in [0.1, 0.15) is 50.2 Å². The number of nitrogens with one attached hydrogen (secondary N) is 1. The second-order valence-corrected chi connectivity index (χ2v) is 11.7. The van der Waals surface area contributed by atoms with E-state index < -0.39 is 0 Å². The lowest BCUT2D eigenvalue weighted by molar-refractivity contribution is 0.0698. The number of piperidine rings is 1. The van der Waals surface area contributed by atoms with Crippen molar-refractivity contribution in [3.63, 3.8) is 0 Å². The average Bonchev–Trinajstić information content (AvgIpc) is 3.14. The molecule has 0 atom stereocenters. The van der Waals surface area contributed by atoms with Crippen molar-refractivity contribution in [1.82, 2.24) is 10.2 Å². The van der Waals surface area contributed by atoms with Crippen LogP contribution < -0.4 is 19.5 Å². The Morgan fingerprint density at radius 2 is 1.08 bits per heavy atom. The number of amides is 2. The molecular weight excluding hydrogens is 607 g/mol. The summed E-state index contributed by atoms with van der Waals surface area (Å²) in [5.74, 6) is 0.393. The summed E-state index contributed by atoms with van der Waals surface area (Å²) in [6, 6.07) is 38.2. The molecule has 0 saturated carbocycles. The van der Waals surface area contributed by atoms with E-state index in [9.17, 15) is 14.0 Å². The van der Waals surface area contributed by atoms with E-state index in [1.54, 1.807) is 17.0 Å². The van der Waals surface area contributed by atoms with Crippen molar-refractivity contribution in [3.8, 4) is 17.2 Å². The second kappa shape index (κ2) is 15.8. The Bertz CT molecular complexity index is 1730. The molecule has 6 rings (SSSR count). The van der Waals surface area contributed by atoms with Gasteiger partial charge in [-0.3, -0.25) is 9.59 Å². The Morgan fingerprint density at radius 3 is 1.56 bits per heavy atom. The van der Waals surface area contributed by atoms with Gasteiger partial charge in [-0.15, -0.1) is 0 Å². The summed E-state index contributed by atoms with van der Waals surface area (Å²) in [6.45, 7) is 1.78. The third-order valence-electron chi connectivity index (χ3n) is 8.19. The molecule has 1 saturated heterocycles. The van der Waals surface area contributed by atoms with E-state index in [1.165, 1.54) is 24.3 Å². The number of hydrogen-bond acceptors (Lipinski definition) is 5. The molecule has 1 fully saturated rings. The molecule has 1 aliphatic heterocycles. The number of benzene rings is 5. The van der Waals surface area contributed by atoms with Gasteiger partial charge in [0.2, 0.25) is 5.75 Å². The maximum atomic E-state index is 13.7. The molecule has 1 aliphatic rings. The predicted molar refractivity (Wildman–Crippen MR) is 182 cm³/mol. The van der Waals surface area contributed by atoms with E-state index >= 15 is 0 Å². The van der Waals surface area contributed by atoms with Gasteiger partial charge in [0.1, 0.15) is 25.6 Å². The SMILES string of the molecule is O=C(NC1CCN(C(=O)c2ccc(F)cc2)CC1)c1cc(OCc2ccccc2)c(OCc2ccccc2)c(OCc2ccccc2)c1. The molecule has 2 amide bonds. The van der Waals surface area contributed by atoms with Crippen molar-refractivity contribution in [2.24, 2.45) is 0 Å². The van der Waals surface area contributed by atoms with Crippen molar-refractivity contribution < 1.29 is 28.2 Å². The van der Waals surface area contributed by atoms with Crippen LogP contribution in [-0.2, 0) is 19.8 Å². The van der Waals surface area contributed by atoms with E-state index in [1.807, 2.05) is 91.0 Å². The first-order chi connectivity index (χ1) is 23.5. The molecule has 48 heavy (non-hydrogen) atoms. The first-order valence-corrected chi connectivity index (χ1v) is 16.1. The summed E-state index contributed by atoms with van der Waals surface area (Å²) < 4.78 is 32.3. The lowest BCUT2D eigenvalue weighted by Gasteiger charge is -2.32. The van der Waals surface area contributed by atoms with Gasteiger partial charge in [-0.25, -0.2) is 4.39 Å². The number of halogens is 1. The van der Waals surface area contributed by atoms with Crippen molar-refractivity contribution in [3.05, 3.63) is 161 Å².